The SMILES string of the molecule is CCCCCCCC/C=C/CCCCCCCC(=O)OCC(C)CC. The van der Waals surface area contributed by atoms with Crippen LogP contribution in [0.5, 0.6) is 0 Å². The fourth-order valence-electron chi connectivity index (χ4n) is 2.77. The van der Waals surface area contributed by atoms with Gasteiger partial charge in [-0.05, 0) is 38.0 Å². The third kappa shape index (κ3) is 19.4. The Morgan fingerprint density at radius 3 is 1.88 bits per heavy atom. The molecule has 0 aliphatic carbocycles. The van der Waals surface area contributed by atoms with Gasteiger partial charge in [-0.1, -0.05) is 90.7 Å². The Morgan fingerprint density at radius 1 is 0.800 bits per heavy atom. The van der Waals surface area contributed by atoms with Crippen LogP contribution in [0.1, 0.15) is 117 Å². The highest BCUT2D eigenvalue weighted by atomic mass is 16.5. The summed E-state index contributed by atoms with van der Waals surface area (Å²) in [5.41, 5.74) is 0. The minimum absolute atomic E-state index is 0.0158. The predicted octanol–water partition coefficient (Wildman–Crippen LogP) is 7.61. The van der Waals surface area contributed by atoms with Crippen molar-refractivity contribution in [1.82, 2.24) is 0 Å². The molecule has 0 aromatic carbocycles. The van der Waals surface area contributed by atoms with Gasteiger partial charge in [0.15, 0.2) is 0 Å². The van der Waals surface area contributed by atoms with Crippen LogP contribution in [0.3, 0.4) is 0 Å². The molecule has 0 aliphatic heterocycles. The number of allylic oxidation sites excluding steroid dienone is 2. The van der Waals surface area contributed by atoms with Crippen LogP contribution < -0.4 is 0 Å². The maximum atomic E-state index is 11.6. The molecule has 2 heteroatoms. The van der Waals surface area contributed by atoms with Crippen molar-refractivity contribution in [2.24, 2.45) is 5.92 Å². The van der Waals surface area contributed by atoms with Crippen molar-refractivity contribution in [3.05, 3.63) is 12.2 Å². The molecule has 1 unspecified atom stereocenters. The van der Waals surface area contributed by atoms with Crippen molar-refractivity contribution in [3.63, 3.8) is 0 Å². The van der Waals surface area contributed by atoms with Crippen LogP contribution in [0.2, 0.25) is 0 Å². The van der Waals surface area contributed by atoms with Gasteiger partial charge >= 0.3 is 5.97 Å². The molecule has 0 aromatic heterocycles. The van der Waals surface area contributed by atoms with E-state index in [0.29, 0.717) is 18.9 Å². The summed E-state index contributed by atoms with van der Waals surface area (Å²) < 4.78 is 5.27. The standard InChI is InChI=1S/C23H44O2/c1-4-6-7-8-9-10-11-12-13-14-15-16-17-18-19-20-23(24)25-21-22(3)5-2/h12-13,22H,4-11,14-21H2,1-3H3/b13-12+. The van der Waals surface area contributed by atoms with Gasteiger partial charge in [-0.25, -0.2) is 0 Å². The van der Waals surface area contributed by atoms with Crippen molar-refractivity contribution in [2.75, 3.05) is 6.61 Å². The minimum atomic E-state index is -0.0158. The van der Waals surface area contributed by atoms with Crippen LogP contribution in [-0.2, 0) is 9.53 Å². The summed E-state index contributed by atoms with van der Waals surface area (Å²) in [5.74, 6) is 0.469. The van der Waals surface area contributed by atoms with E-state index in [2.05, 4.69) is 32.9 Å². The maximum Gasteiger partial charge on any atom is 0.305 e. The summed E-state index contributed by atoms with van der Waals surface area (Å²) in [4.78, 5) is 11.6. The number of carbonyl (C=O) groups is 1. The average Bonchev–Trinajstić information content (AvgIpc) is 2.62. The molecule has 2 nitrogen and oxygen atoms in total. The highest BCUT2D eigenvalue weighted by molar-refractivity contribution is 5.69. The molecule has 0 saturated carbocycles. The number of esters is 1. The molecule has 0 fully saturated rings. The van der Waals surface area contributed by atoms with Crippen molar-refractivity contribution in [3.8, 4) is 0 Å². The van der Waals surface area contributed by atoms with Gasteiger partial charge in [0.25, 0.3) is 0 Å². The summed E-state index contributed by atoms with van der Waals surface area (Å²) in [6.45, 7) is 7.10. The molecule has 0 N–H and O–H groups in total. The van der Waals surface area contributed by atoms with Gasteiger partial charge in [-0.15, -0.1) is 0 Å². The summed E-state index contributed by atoms with van der Waals surface area (Å²) in [6.07, 6.45) is 23.1. The largest absolute Gasteiger partial charge is 0.465 e. The Bertz CT molecular complexity index is 309. The van der Waals surface area contributed by atoms with Gasteiger partial charge in [0.2, 0.25) is 0 Å². The molecule has 0 radical (unpaired) electrons. The lowest BCUT2D eigenvalue weighted by Gasteiger charge is -2.09. The van der Waals surface area contributed by atoms with Gasteiger partial charge in [0, 0.05) is 6.42 Å². The second-order valence-corrected chi connectivity index (χ2v) is 7.53. The van der Waals surface area contributed by atoms with E-state index in [4.69, 9.17) is 4.74 Å². The summed E-state index contributed by atoms with van der Waals surface area (Å²) in [5, 5.41) is 0. The lowest BCUT2D eigenvalue weighted by Crippen LogP contribution is -2.11. The van der Waals surface area contributed by atoms with E-state index in [9.17, 15) is 4.79 Å². The summed E-state index contributed by atoms with van der Waals surface area (Å²) in [7, 11) is 0. The van der Waals surface area contributed by atoms with Gasteiger partial charge in [0.05, 0.1) is 6.61 Å². The van der Waals surface area contributed by atoms with E-state index in [-0.39, 0.29) is 5.97 Å². The van der Waals surface area contributed by atoms with E-state index in [1.54, 1.807) is 0 Å². The fraction of sp³-hybridized carbons (Fsp3) is 0.870. The summed E-state index contributed by atoms with van der Waals surface area (Å²) in [6, 6.07) is 0. The maximum absolute atomic E-state index is 11.6. The fourth-order valence-corrected chi connectivity index (χ4v) is 2.77. The van der Waals surface area contributed by atoms with E-state index >= 15 is 0 Å². The van der Waals surface area contributed by atoms with E-state index in [1.807, 2.05) is 0 Å². The molecule has 0 spiro atoms. The van der Waals surface area contributed by atoms with Crippen LogP contribution >= 0.6 is 0 Å². The zero-order valence-electron chi connectivity index (χ0n) is 17.4. The predicted molar refractivity (Wildman–Crippen MR) is 110 cm³/mol. The third-order valence-electron chi connectivity index (χ3n) is 4.87. The lowest BCUT2D eigenvalue weighted by atomic mass is 10.1. The highest BCUT2D eigenvalue weighted by Crippen LogP contribution is 2.10. The Hall–Kier alpha value is -0.790. The Balaban J connectivity index is 3.22. The first-order valence-corrected chi connectivity index (χ1v) is 11.0. The summed E-state index contributed by atoms with van der Waals surface area (Å²) >= 11 is 0. The monoisotopic (exact) mass is 352 g/mol. The van der Waals surface area contributed by atoms with Crippen molar-refractivity contribution >= 4 is 5.97 Å². The molecule has 0 rings (SSSR count). The molecule has 148 valence electrons. The first kappa shape index (κ1) is 24.2. The first-order chi connectivity index (χ1) is 12.2. The smallest absolute Gasteiger partial charge is 0.305 e. The van der Waals surface area contributed by atoms with Gasteiger partial charge in [-0.2, -0.15) is 0 Å². The molecular weight excluding hydrogens is 308 g/mol. The van der Waals surface area contributed by atoms with Crippen LogP contribution in [0, 0.1) is 5.92 Å². The second kappa shape index (κ2) is 19.5. The highest BCUT2D eigenvalue weighted by Gasteiger charge is 2.05. The van der Waals surface area contributed by atoms with E-state index in [1.165, 1.54) is 70.6 Å². The molecule has 1 atom stereocenters. The van der Waals surface area contributed by atoms with E-state index in [0.717, 1.165) is 19.3 Å². The average molecular weight is 353 g/mol. The number of unbranched alkanes of at least 4 members (excludes halogenated alkanes) is 11. The van der Waals surface area contributed by atoms with Crippen LogP contribution in [0.15, 0.2) is 12.2 Å². The number of rotatable bonds is 18. The molecule has 0 saturated heterocycles. The molecule has 0 heterocycles. The zero-order valence-corrected chi connectivity index (χ0v) is 17.4. The topological polar surface area (TPSA) is 26.3 Å². The Kier molecular flexibility index (Phi) is 18.9. The third-order valence-corrected chi connectivity index (χ3v) is 4.87. The molecule has 0 bridgehead atoms. The minimum Gasteiger partial charge on any atom is -0.465 e. The van der Waals surface area contributed by atoms with Crippen molar-refractivity contribution < 1.29 is 9.53 Å². The Labute approximate surface area is 157 Å². The zero-order chi connectivity index (χ0) is 18.6. The second-order valence-electron chi connectivity index (χ2n) is 7.53. The molecule has 25 heavy (non-hydrogen) atoms. The quantitative estimate of drug-likeness (QED) is 0.144. The van der Waals surface area contributed by atoms with Crippen molar-refractivity contribution in [1.29, 1.82) is 0 Å². The molecule has 0 amide bonds. The van der Waals surface area contributed by atoms with Crippen molar-refractivity contribution in [2.45, 2.75) is 117 Å². The van der Waals surface area contributed by atoms with Gasteiger partial charge in [0.1, 0.15) is 0 Å². The van der Waals surface area contributed by atoms with E-state index < -0.39 is 0 Å². The normalized spacial score (nSPS) is 12.6. The van der Waals surface area contributed by atoms with Crippen LogP contribution in [0.25, 0.3) is 0 Å². The number of hydrogen-bond donors (Lipinski definition) is 0. The molecule has 0 aliphatic rings. The first-order valence-electron chi connectivity index (χ1n) is 11.0. The lowest BCUT2D eigenvalue weighted by molar-refractivity contribution is -0.145. The van der Waals surface area contributed by atoms with Crippen LogP contribution in [-0.4, -0.2) is 12.6 Å². The Morgan fingerprint density at radius 2 is 1.32 bits per heavy atom. The number of ether oxygens (including phenoxy) is 1. The van der Waals surface area contributed by atoms with Gasteiger partial charge in [-0.3, -0.25) is 4.79 Å². The van der Waals surface area contributed by atoms with Gasteiger partial charge < -0.3 is 4.74 Å². The number of carbonyl (C=O) groups excluding carboxylic acids is 1. The molecule has 0 aromatic rings. The van der Waals surface area contributed by atoms with Crippen LogP contribution in [0.4, 0.5) is 0 Å². The molecular formula is C23H44O2. The number of hydrogen-bond acceptors (Lipinski definition) is 2.